The van der Waals surface area contributed by atoms with Crippen LogP contribution in [0.1, 0.15) is 59.8 Å². The highest BCUT2D eigenvalue weighted by Gasteiger charge is 2.48. The Morgan fingerprint density at radius 3 is 2.43 bits per heavy atom. The largest absolute Gasteiger partial charge is 0.463 e. The van der Waals surface area contributed by atoms with Crippen molar-refractivity contribution in [3.63, 3.8) is 0 Å². The number of amidine groups is 1. The van der Waals surface area contributed by atoms with Gasteiger partial charge < -0.3 is 19.8 Å². The van der Waals surface area contributed by atoms with Crippen LogP contribution in [0, 0.1) is 0 Å². The molecule has 2 aliphatic rings. The van der Waals surface area contributed by atoms with E-state index in [1.165, 1.54) is 0 Å². The van der Waals surface area contributed by atoms with E-state index in [0.717, 1.165) is 25.9 Å². The third-order valence-electron chi connectivity index (χ3n) is 4.00. The Bertz CT molecular complexity index is 596. The molecule has 3 rings (SSSR count). The van der Waals surface area contributed by atoms with E-state index in [4.69, 9.17) is 9.15 Å². The minimum atomic E-state index is -0.147. The molecule has 1 aliphatic heterocycles. The fourth-order valence-corrected chi connectivity index (χ4v) is 2.44. The van der Waals surface area contributed by atoms with Crippen molar-refractivity contribution >= 4 is 12.0 Å². The highest BCUT2D eigenvalue weighted by Crippen LogP contribution is 2.42. The first kappa shape index (κ1) is 16.1. The summed E-state index contributed by atoms with van der Waals surface area (Å²) in [5, 5.41) is 14.7. The van der Waals surface area contributed by atoms with Crippen LogP contribution in [0.15, 0.2) is 9.41 Å². The van der Waals surface area contributed by atoms with Gasteiger partial charge in [0.05, 0.1) is 0 Å². The van der Waals surface area contributed by atoms with Crippen molar-refractivity contribution in [2.24, 2.45) is 4.99 Å². The molecule has 0 radical (unpaired) electrons. The van der Waals surface area contributed by atoms with Crippen molar-refractivity contribution < 1.29 is 9.15 Å². The Hall–Kier alpha value is -1.79. The van der Waals surface area contributed by atoms with Crippen LogP contribution in [0.2, 0.25) is 0 Å². The van der Waals surface area contributed by atoms with Gasteiger partial charge in [-0.25, -0.2) is 4.99 Å². The Morgan fingerprint density at radius 2 is 1.83 bits per heavy atom. The van der Waals surface area contributed by atoms with Gasteiger partial charge in [-0.1, -0.05) is 5.10 Å². The molecule has 1 fully saturated rings. The van der Waals surface area contributed by atoms with E-state index in [9.17, 15) is 0 Å². The molecule has 1 aromatic rings. The molecule has 1 aromatic heterocycles. The zero-order valence-corrected chi connectivity index (χ0v) is 14.7. The summed E-state index contributed by atoms with van der Waals surface area (Å²) in [6.45, 7) is 11.1. The number of nitrogens with zero attached hydrogens (tertiary/aromatic N) is 3. The lowest BCUT2D eigenvalue weighted by Crippen LogP contribution is -2.43. The summed E-state index contributed by atoms with van der Waals surface area (Å²) in [6, 6.07) is 1.14. The lowest BCUT2D eigenvalue weighted by atomic mass is 9.99. The lowest BCUT2D eigenvalue weighted by molar-refractivity contribution is 0.278. The Morgan fingerprint density at radius 1 is 1.09 bits per heavy atom. The van der Waals surface area contributed by atoms with Crippen LogP contribution in [0.25, 0.3) is 0 Å². The summed E-state index contributed by atoms with van der Waals surface area (Å²) in [6.07, 6.45) is 3.84. The molecule has 7 nitrogen and oxygen atoms in total. The molecular weight excluding hydrogens is 294 g/mol. The number of anilines is 1. The number of aromatic nitrogens is 2. The number of aryl methyl sites for hydroxylation is 1. The molecule has 0 amide bonds. The minimum Gasteiger partial charge on any atom is -0.463 e. The third-order valence-corrected chi connectivity index (χ3v) is 4.00. The molecule has 7 heteroatoms. The zero-order valence-electron chi connectivity index (χ0n) is 14.7. The van der Waals surface area contributed by atoms with Crippen molar-refractivity contribution in [1.82, 2.24) is 15.5 Å². The molecule has 0 atom stereocenters. The van der Waals surface area contributed by atoms with Gasteiger partial charge in [-0.2, -0.15) is 0 Å². The monoisotopic (exact) mass is 321 g/mol. The first-order valence-corrected chi connectivity index (χ1v) is 8.26. The predicted molar refractivity (Wildman–Crippen MR) is 88.6 cm³/mol. The van der Waals surface area contributed by atoms with Crippen LogP contribution in [0.4, 0.5) is 6.01 Å². The van der Waals surface area contributed by atoms with Gasteiger partial charge >= 0.3 is 6.01 Å². The summed E-state index contributed by atoms with van der Waals surface area (Å²) in [5.41, 5.74) is -0.148. The topological polar surface area (TPSA) is 84.6 Å². The normalized spacial score (nSPS) is 19.4. The van der Waals surface area contributed by atoms with Crippen LogP contribution in [0.3, 0.4) is 0 Å². The van der Waals surface area contributed by atoms with E-state index in [-0.39, 0.29) is 16.6 Å². The van der Waals surface area contributed by atoms with Crippen molar-refractivity contribution in [2.45, 2.75) is 76.9 Å². The van der Waals surface area contributed by atoms with Crippen LogP contribution in [0.5, 0.6) is 0 Å². The van der Waals surface area contributed by atoms with E-state index >= 15 is 0 Å². The van der Waals surface area contributed by atoms with Gasteiger partial charge in [0.25, 0.3) is 6.02 Å². The van der Waals surface area contributed by atoms with Crippen molar-refractivity contribution in [1.29, 1.82) is 0 Å². The molecule has 23 heavy (non-hydrogen) atoms. The fraction of sp³-hybridized carbons (Fsp3) is 0.812. The van der Waals surface area contributed by atoms with Crippen LogP contribution in [-0.4, -0.2) is 39.4 Å². The number of hydrogen-bond acceptors (Lipinski definition) is 7. The van der Waals surface area contributed by atoms with Crippen molar-refractivity contribution in [3.05, 3.63) is 5.89 Å². The third kappa shape index (κ3) is 4.36. The van der Waals surface area contributed by atoms with Gasteiger partial charge in [-0.15, -0.1) is 5.10 Å². The molecule has 1 aliphatic carbocycles. The molecule has 2 N–H and O–H groups in total. The van der Waals surface area contributed by atoms with Gasteiger partial charge in [0.1, 0.15) is 12.1 Å². The zero-order chi connectivity index (χ0) is 16.7. The molecule has 128 valence electrons. The first-order valence-electron chi connectivity index (χ1n) is 8.26. The molecule has 0 saturated heterocycles. The molecule has 0 aromatic carbocycles. The average molecular weight is 321 g/mol. The number of rotatable bonds is 5. The minimum absolute atomic E-state index is 0.0957. The molecule has 1 spiro atoms. The summed E-state index contributed by atoms with van der Waals surface area (Å²) in [4.78, 5) is 4.64. The maximum absolute atomic E-state index is 5.66. The molecular formula is C16H27N5O2. The quantitative estimate of drug-likeness (QED) is 0.867. The fourth-order valence-electron chi connectivity index (χ4n) is 2.44. The van der Waals surface area contributed by atoms with E-state index in [0.29, 0.717) is 24.3 Å². The SMILES string of the molecule is CC(C)(C)Nc1nnc(CCC(C)(C)NC2=NC3(CC3)CO2)o1. The molecule has 1 saturated carbocycles. The molecule has 0 unspecified atom stereocenters. The van der Waals surface area contributed by atoms with E-state index < -0.39 is 0 Å². The van der Waals surface area contributed by atoms with Crippen LogP contribution >= 0.6 is 0 Å². The first-order chi connectivity index (χ1) is 10.6. The van der Waals surface area contributed by atoms with Gasteiger partial charge in [0.2, 0.25) is 5.89 Å². The Labute approximate surface area is 137 Å². The maximum Gasteiger partial charge on any atom is 0.315 e. The Balaban J connectivity index is 1.51. The van der Waals surface area contributed by atoms with Gasteiger partial charge in [0, 0.05) is 17.5 Å². The molecule has 2 heterocycles. The lowest BCUT2D eigenvalue weighted by Gasteiger charge is -2.25. The summed E-state index contributed by atoms with van der Waals surface area (Å²) in [5.74, 6) is 0.638. The van der Waals surface area contributed by atoms with Gasteiger partial charge in [0.15, 0.2) is 0 Å². The second kappa shape index (κ2) is 5.39. The summed E-state index contributed by atoms with van der Waals surface area (Å²) >= 11 is 0. The maximum atomic E-state index is 5.66. The van der Waals surface area contributed by atoms with Gasteiger partial charge in [-0.3, -0.25) is 0 Å². The summed E-state index contributed by atoms with van der Waals surface area (Å²) in [7, 11) is 0. The van der Waals surface area contributed by atoms with E-state index in [1.807, 2.05) is 0 Å². The van der Waals surface area contributed by atoms with Crippen LogP contribution in [-0.2, 0) is 11.2 Å². The van der Waals surface area contributed by atoms with Crippen molar-refractivity contribution in [2.75, 3.05) is 11.9 Å². The van der Waals surface area contributed by atoms with Crippen LogP contribution < -0.4 is 10.6 Å². The van der Waals surface area contributed by atoms with Crippen molar-refractivity contribution in [3.8, 4) is 0 Å². The second-order valence-electron chi connectivity index (χ2n) is 8.31. The average Bonchev–Trinajstić information content (AvgIpc) is 2.83. The Kier molecular flexibility index (Phi) is 3.77. The smallest absolute Gasteiger partial charge is 0.315 e. The second-order valence-corrected chi connectivity index (χ2v) is 8.31. The predicted octanol–water partition coefficient (Wildman–Crippen LogP) is 2.50. The summed E-state index contributed by atoms with van der Waals surface area (Å²) < 4.78 is 11.3. The number of hydrogen-bond donors (Lipinski definition) is 2. The van der Waals surface area contributed by atoms with E-state index in [1.54, 1.807) is 0 Å². The molecule has 0 bridgehead atoms. The highest BCUT2D eigenvalue weighted by atomic mass is 16.5. The van der Waals surface area contributed by atoms with E-state index in [2.05, 4.69) is 60.4 Å². The van der Waals surface area contributed by atoms with Gasteiger partial charge in [-0.05, 0) is 53.9 Å². The number of nitrogens with one attached hydrogen (secondary N) is 2. The standard InChI is InChI=1S/C16H27N5O2/c1-14(2,3)17-13-21-20-11(23-13)6-7-15(4,5)18-12-19-16(8-9-16)10-22-12/h6-10H2,1-5H3,(H,17,21)(H,18,19). The number of aliphatic imine (C=N–C) groups is 1. The highest BCUT2D eigenvalue weighted by molar-refractivity contribution is 5.77. The number of ether oxygens (including phenoxy) is 1.